The number of hydrogen-bond acceptors (Lipinski definition) is 4. The Kier molecular flexibility index (Phi) is 2.50. The van der Waals surface area contributed by atoms with E-state index in [-0.39, 0.29) is 13.4 Å². The molecule has 1 aliphatic heterocycles. The van der Waals surface area contributed by atoms with Gasteiger partial charge in [-0.2, -0.15) is 0 Å². The minimum Gasteiger partial charge on any atom is -0.454 e. The molecule has 0 atom stereocenters. The molecule has 76 valence electrons. The summed E-state index contributed by atoms with van der Waals surface area (Å²) in [6, 6.07) is 1.71. The fourth-order valence-corrected chi connectivity index (χ4v) is 1.76. The highest BCUT2D eigenvalue weighted by Gasteiger charge is 2.20. The number of benzene rings is 1. The summed E-state index contributed by atoms with van der Waals surface area (Å²) >= 11 is 6.02. The van der Waals surface area contributed by atoms with E-state index in [1.807, 2.05) is 6.92 Å². The first kappa shape index (κ1) is 9.58. The largest absolute Gasteiger partial charge is 0.454 e. The number of rotatable bonds is 2. The lowest BCUT2D eigenvalue weighted by Gasteiger charge is -2.09. The van der Waals surface area contributed by atoms with E-state index in [9.17, 15) is 0 Å². The summed E-state index contributed by atoms with van der Waals surface area (Å²) in [7, 11) is 0. The zero-order chi connectivity index (χ0) is 10.1. The molecule has 5 heteroatoms. The molecule has 0 aliphatic carbocycles. The van der Waals surface area contributed by atoms with Crippen LogP contribution >= 0.6 is 11.6 Å². The summed E-state index contributed by atoms with van der Waals surface area (Å²) in [5.41, 5.74) is 1.74. The summed E-state index contributed by atoms with van der Waals surface area (Å²) in [4.78, 5) is 4.57. The lowest BCUT2D eigenvalue weighted by molar-refractivity contribution is 0.123. The molecule has 4 nitrogen and oxygen atoms in total. The normalized spacial score (nSPS) is 13.4. The van der Waals surface area contributed by atoms with Crippen molar-refractivity contribution in [1.29, 1.82) is 0 Å². The van der Waals surface area contributed by atoms with Crippen LogP contribution in [-0.4, -0.2) is 6.79 Å². The molecule has 0 fully saturated rings. The summed E-state index contributed by atoms with van der Waals surface area (Å²) in [6.45, 7) is 2.40. The van der Waals surface area contributed by atoms with Gasteiger partial charge < -0.3 is 9.47 Å². The van der Waals surface area contributed by atoms with Gasteiger partial charge in [0.05, 0.1) is 11.6 Å². The topological polar surface area (TPSA) is 53.7 Å². The molecule has 0 spiro atoms. The van der Waals surface area contributed by atoms with Crippen molar-refractivity contribution in [2.24, 2.45) is 5.90 Å². The Hall–Kier alpha value is -0.970. The van der Waals surface area contributed by atoms with Gasteiger partial charge in [-0.05, 0) is 6.92 Å². The van der Waals surface area contributed by atoms with Gasteiger partial charge in [-0.3, -0.25) is 4.84 Å². The van der Waals surface area contributed by atoms with Gasteiger partial charge in [0.2, 0.25) is 6.79 Å². The molecule has 1 aromatic rings. The molecule has 0 saturated heterocycles. The smallest absolute Gasteiger partial charge is 0.231 e. The highest BCUT2D eigenvalue weighted by molar-refractivity contribution is 6.31. The summed E-state index contributed by atoms with van der Waals surface area (Å²) in [6.07, 6.45) is 0. The first-order chi connectivity index (χ1) is 6.74. The number of halogens is 1. The third kappa shape index (κ3) is 1.41. The van der Waals surface area contributed by atoms with E-state index < -0.39 is 0 Å². The second-order valence-corrected chi connectivity index (χ2v) is 3.41. The molecule has 0 amide bonds. The maximum absolute atomic E-state index is 6.02. The van der Waals surface area contributed by atoms with Crippen LogP contribution in [0.4, 0.5) is 0 Å². The van der Waals surface area contributed by atoms with Crippen LogP contribution in [0.5, 0.6) is 11.5 Å². The van der Waals surface area contributed by atoms with Crippen LogP contribution in [0.15, 0.2) is 6.07 Å². The Balaban J connectivity index is 2.51. The highest BCUT2D eigenvalue weighted by Crippen LogP contribution is 2.40. The van der Waals surface area contributed by atoms with Crippen molar-refractivity contribution in [2.45, 2.75) is 13.5 Å². The molecule has 0 radical (unpaired) electrons. The van der Waals surface area contributed by atoms with E-state index in [4.69, 9.17) is 27.0 Å². The van der Waals surface area contributed by atoms with Gasteiger partial charge in [-0.1, -0.05) is 11.6 Å². The van der Waals surface area contributed by atoms with Crippen LogP contribution in [0.3, 0.4) is 0 Å². The summed E-state index contributed by atoms with van der Waals surface area (Å²) in [5, 5.41) is 0.581. The van der Waals surface area contributed by atoms with Gasteiger partial charge in [0.15, 0.2) is 11.5 Å². The molecule has 0 saturated carbocycles. The number of hydrogen-bond donors (Lipinski definition) is 1. The molecule has 0 unspecified atom stereocenters. The van der Waals surface area contributed by atoms with Crippen molar-refractivity contribution in [3.63, 3.8) is 0 Å². The summed E-state index contributed by atoms with van der Waals surface area (Å²) < 4.78 is 10.5. The zero-order valence-electron chi connectivity index (χ0n) is 7.67. The first-order valence-corrected chi connectivity index (χ1v) is 4.51. The van der Waals surface area contributed by atoms with E-state index >= 15 is 0 Å². The molecular weight excluding hydrogens is 206 g/mol. The fourth-order valence-electron chi connectivity index (χ4n) is 1.47. The van der Waals surface area contributed by atoms with Crippen LogP contribution in [0.2, 0.25) is 5.02 Å². The third-order valence-electron chi connectivity index (χ3n) is 2.21. The van der Waals surface area contributed by atoms with Crippen LogP contribution in [-0.2, 0) is 11.4 Å². The van der Waals surface area contributed by atoms with E-state index in [0.717, 1.165) is 16.9 Å². The Labute approximate surface area is 86.5 Å². The Morgan fingerprint density at radius 3 is 3.07 bits per heavy atom. The van der Waals surface area contributed by atoms with Crippen LogP contribution < -0.4 is 15.4 Å². The van der Waals surface area contributed by atoms with Gasteiger partial charge >= 0.3 is 0 Å². The molecular formula is C9H10ClNO3. The number of nitrogens with two attached hydrogens (primary N) is 1. The number of ether oxygens (including phenoxy) is 2. The highest BCUT2D eigenvalue weighted by atomic mass is 35.5. The van der Waals surface area contributed by atoms with Crippen molar-refractivity contribution >= 4 is 11.6 Å². The van der Waals surface area contributed by atoms with Crippen molar-refractivity contribution in [2.75, 3.05) is 6.79 Å². The van der Waals surface area contributed by atoms with E-state index in [2.05, 4.69) is 4.84 Å². The predicted molar refractivity (Wildman–Crippen MR) is 51.3 cm³/mol. The van der Waals surface area contributed by atoms with Gasteiger partial charge in [0.25, 0.3) is 0 Å². The van der Waals surface area contributed by atoms with Crippen LogP contribution in [0.25, 0.3) is 0 Å². The minimum atomic E-state index is 0.236. The van der Waals surface area contributed by atoms with E-state index in [0.29, 0.717) is 10.8 Å². The third-order valence-corrected chi connectivity index (χ3v) is 2.55. The van der Waals surface area contributed by atoms with Gasteiger partial charge in [0, 0.05) is 17.2 Å². The monoisotopic (exact) mass is 215 g/mol. The molecule has 1 heterocycles. The molecule has 2 N–H and O–H groups in total. The molecule has 14 heavy (non-hydrogen) atoms. The second-order valence-electron chi connectivity index (χ2n) is 3.01. The predicted octanol–water partition coefficient (Wildman–Crippen LogP) is 1.77. The molecule has 2 rings (SSSR count). The Bertz CT molecular complexity index is 368. The van der Waals surface area contributed by atoms with Crippen molar-refractivity contribution in [3.8, 4) is 11.5 Å². The lowest BCUT2D eigenvalue weighted by atomic mass is 10.1. The zero-order valence-corrected chi connectivity index (χ0v) is 8.43. The van der Waals surface area contributed by atoms with Gasteiger partial charge in [-0.15, -0.1) is 0 Å². The molecule has 1 aliphatic rings. The van der Waals surface area contributed by atoms with Crippen molar-refractivity contribution in [1.82, 2.24) is 0 Å². The Morgan fingerprint density at radius 1 is 1.57 bits per heavy atom. The minimum absolute atomic E-state index is 0.236. The maximum atomic E-state index is 6.02. The summed E-state index contributed by atoms with van der Waals surface area (Å²) in [5.74, 6) is 6.41. The van der Waals surface area contributed by atoms with Crippen LogP contribution in [0.1, 0.15) is 11.1 Å². The standard InChI is InChI=1S/C9H10ClNO3/c1-5-6(3-14-11)7(10)2-8-9(5)13-4-12-8/h2H,3-4,11H2,1H3. The molecule has 1 aromatic carbocycles. The fraction of sp³-hybridized carbons (Fsp3) is 0.333. The van der Waals surface area contributed by atoms with Gasteiger partial charge in [0.1, 0.15) is 0 Å². The average Bonchev–Trinajstić information content (AvgIpc) is 2.60. The van der Waals surface area contributed by atoms with E-state index in [1.54, 1.807) is 6.07 Å². The SMILES string of the molecule is Cc1c(CON)c(Cl)cc2c1OCO2. The van der Waals surface area contributed by atoms with Crippen LogP contribution in [0, 0.1) is 6.92 Å². The second kappa shape index (κ2) is 3.65. The maximum Gasteiger partial charge on any atom is 0.231 e. The van der Waals surface area contributed by atoms with Gasteiger partial charge in [-0.25, -0.2) is 5.90 Å². The Morgan fingerprint density at radius 2 is 2.36 bits per heavy atom. The molecule has 0 aromatic heterocycles. The first-order valence-electron chi connectivity index (χ1n) is 4.13. The number of fused-ring (bicyclic) bond motifs is 1. The lowest BCUT2D eigenvalue weighted by Crippen LogP contribution is -2.02. The van der Waals surface area contributed by atoms with Crippen molar-refractivity contribution in [3.05, 3.63) is 22.2 Å². The van der Waals surface area contributed by atoms with Crippen molar-refractivity contribution < 1.29 is 14.3 Å². The average molecular weight is 216 g/mol. The molecule has 0 bridgehead atoms. The quantitative estimate of drug-likeness (QED) is 0.764. The van der Waals surface area contributed by atoms with E-state index in [1.165, 1.54) is 0 Å².